The average molecular weight is 900 g/mol. The van der Waals surface area contributed by atoms with Gasteiger partial charge in [-0.05, 0) is 64.2 Å². The van der Waals surface area contributed by atoms with E-state index in [0.717, 1.165) is 44.9 Å². The molecular formula is C50H94NO10P. The molecule has 0 bridgehead atoms. The standard InChI is InChI=1S/C50H94NO10P/c1-3-5-7-9-11-13-15-17-19-21-22-23-24-26-27-29-31-33-35-37-39-41-48(53)51-47(50(55)56)45-61-62(57,58)60-44-46(52)43-59-49(54)42-40-38-36-34-32-30-28-25-20-18-16-14-12-10-8-6-4-2/h17-20,46-47,52H,3-16,21-45H2,1-2H3,(H,51,53)(H,55,56)(H,57,58)/b19-17+,20-18-. The van der Waals surface area contributed by atoms with Crippen LogP contribution in [0, 0.1) is 0 Å². The van der Waals surface area contributed by atoms with Gasteiger partial charge in [0, 0.05) is 12.8 Å². The Labute approximate surface area is 379 Å². The van der Waals surface area contributed by atoms with E-state index in [1.807, 2.05) is 0 Å². The number of carboxylic acid groups (broad SMARTS) is 1. The topological polar surface area (TPSA) is 169 Å². The third-order valence-corrected chi connectivity index (χ3v) is 12.2. The highest BCUT2D eigenvalue weighted by molar-refractivity contribution is 7.47. The molecule has 364 valence electrons. The van der Waals surface area contributed by atoms with Crippen molar-refractivity contribution in [2.24, 2.45) is 0 Å². The summed E-state index contributed by atoms with van der Waals surface area (Å²) in [6.45, 7) is 2.62. The molecule has 0 rings (SSSR count). The van der Waals surface area contributed by atoms with E-state index in [-0.39, 0.29) is 12.8 Å². The summed E-state index contributed by atoms with van der Waals surface area (Å²) in [5, 5.41) is 21.9. The number of esters is 1. The van der Waals surface area contributed by atoms with Gasteiger partial charge in [0.15, 0.2) is 6.04 Å². The van der Waals surface area contributed by atoms with Gasteiger partial charge in [-0.2, -0.15) is 0 Å². The number of carboxylic acids is 1. The SMILES string of the molecule is CCCCCCCC/C=C\CCCCCCCCCC(=O)OCC(O)COP(=O)(O)OCC(NC(=O)CCCCCCCCCCCCC/C=C/CCCCCCCC)C(=O)O. The lowest BCUT2D eigenvalue weighted by atomic mass is 10.0. The van der Waals surface area contributed by atoms with Crippen molar-refractivity contribution in [1.29, 1.82) is 0 Å². The minimum atomic E-state index is -4.76. The third-order valence-electron chi connectivity index (χ3n) is 11.2. The second-order valence-electron chi connectivity index (χ2n) is 17.4. The fraction of sp³-hybridized carbons (Fsp3) is 0.860. The molecule has 0 aliphatic carbocycles. The van der Waals surface area contributed by atoms with Crippen molar-refractivity contribution < 1.29 is 47.8 Å². The summed E-state index contributed by atoms with van der Waals surface area (Å²) in [4.78, 5) is 46.1. The zero-order valence-corrected chi connectivity index (χ0v) is 40.6. The first-order valence-electron chi connectivity index (χ1n) is 25.4. The number of unbranched alkanes of at least 4 members (excludes halogenated alkanes) is 30. The zero-order chi connectivity index (χ0) is 45.6. The number of aliphatic hydroxyl groups excluding tert-OH is 1. The second kappa shape index (κ2) is 45.5. The van der Waals surface area contributed by atoms with Crippen LogP contribution in [0.4, 0.5) is 0 Å². The Morgan fingerprint density at radius 2 is 0.839 bits per heavy atom. The number of hydrogen-bond donors (Lipinski definition) is 4. The zero-order valence-electron chi connectivity index (χ0n) is 39.7. The molecule has 0 radical (unpaired) electrons. The van der Waals surface area contributed by atoms with Crippen molar-refractivity contribution in [1.82, 2.24) is 5.32 Å². The normalized spacial score (nSPS) is 13.7. The van der Waals surface area contributed by atoms with Crippen LogP contribution in [0.15, 0.2) is 24.3 Å². The van der Waals surface area contributed by atoms with Crippen molar-refractivity contribution in [2.75, 3.05) is 19.8 Å². The Balaban J connectivity index is 3.82. The molecule has 4 N–H and O–H groups in total. The largest absolute Gasteiger partial charge is 0.480 e. The number of rotatable bonds is 48. The molecule has 62 heavy (non-hydrogen) atoms. The Morgan fingerprint density at radius 3 is 1.23 bits per heavy atom. The minimum absolute atomic E-state index is 0.147. The molecule has 0 fully saturated rings. The van der Waals surface area contributed by atoms with Gasteiger partial charge in [0.25, 0.3) is 0 Å². The highest BCUT2D eigenvalue weighted by Crippen LogP contribution is 2.43. The fourth-order valence-electron chi connectivity index (χ4n) is 7.25. The van der Waals surface area contributed by atoms with E-state index in [2.05, 4.69) is 43.5 Å². The van der Waals surface area contributed by atoms with Crippen molar-refractivity contribution >= 4 is 25.7 Å². The Kier molecular flexibility index (Phi) is 44.0. The van der Waals surface area contributed by atoms with Crippen molar-refractivity contribution in [3.05, 3.63) is 24.3 Å². The predicted octanol–water partition coefficient (Wildman–Crippen LogP) is 13.8. The van der Waals surface area contributed by atoms with Crippen LogP contribution in [0.1, 0.15) is 245 Å². The monoisotopic (exact) mass is 900 g/mol. The molecule has 0 aromatic heterocycles. The number of aliphatic carboxylic acids is 1. The van der Waals surface area contributed by atoms with Crippen molar-refractivity contribution in [3.63, 3.8) is 0 Å². The summed E-state index contributed by atoms with van der Waals surface area (Å²) in [6, 6.07) is -1.55. The molecule has 0 heterocycles. The van der Waals surface area contributed by atoms with Crippen LogP contribution < -0.4 is 5.32 Å². The minimum Gasteiger partial charge on any atom is -0.480 e. The highest BCUT2D eigenvalue weighted by Gasteiger charge is 2.28. The molecule has 0 aliphatic rings. The van der Waals surface area contributed by atoms with E-state index in [1.165, 1.54) is 161 Å². The summed E-state index contributed by atoms with van der Waals surface area (Å²) >= 11 is 0. The maximum Gasteiger partial charge on any atom is 0.472 e. The lowest BCUT2D eigenvalue weighted by Gasteiger charge is -2.18. The molecule has 0 saturated heterocycles. The summed E-state index contributed by atoms with van der Waals surface area (Å²) in [5.41, 5.74) is 0. The number of allylic oxidation sites excluding steroid dienone is 4. The van der Waals surface area contributed by atoms with E-state index in [4.69, 9.17) is 13.8 Å². The van der Waals surface area contributed by atoms with Crippen LogP contribution >= 0.6 is 7.82 Å². The van der Waals surface area contributed by atoms with Crippen LogP contribution in [0.5, 0.6) is 0 Å². The Hall–Kier alpha value is -2.04. The van der Waals surface area contributed by atoms with Gasteiger partial charge in [-0.25, -0.2) is 9.36 Å². The van der Waals surface area contributed by atoms with Gasteiger partial charge in [-0.1, -0.05) is 192 Å². The van der Waals surface area contributed by atoms with Crippen LogP contribution in [0.25, 0.3) is 0 Å². The highest BCUT2D eigenvalue weighted by atomic mass is 31.2. The fourth-order valence-corrected chi connectivity index (χ4v) is 8.02. The number of aliphatic hydroxyl groups is 1. The van der Waals surface area contributed by atoms with E-state index >= 15 is 0 Å². The maximum atomic E-state index is 12.4. The molecule has 0 aromatic rings. The van der Waals surface area contributed by atoms with Crippen LogP contribution in [-0.2, 0) is 32.7 Å². The molecule has 0 aliphatic heterocycles. The first kappa shape index (κ1) is 60.0. The number of hydrogen-bond acceptors (Lipinski definition) is 8. The molecule has 0 spiro atoms. The van der Waals surface area contributed by atoms with Crippen LogP contribution in [-0.4, -0.2) is 64.9 Å². The van der Waals surface area contributed by atoms with Crippen LogP contribution in [0.2, 0.25) is 0 Å². The summed E-state index contributed by atoms with van der Waals surface area (Å²) in [5.74, 6) is -2.37. The first-order valence-corrected chi connectivity index (χ1v) is 26.9. The lowest BCUT2D eigenvalue weighted by Crippen LogP contribution is -2.43. The summed E-state index contributed by atoms with van der Waals surface area (Å²) in [6.07, 6.45) is 49.1. The van der Waals surface area contributed by atoms with E-state index in [0.29, 0.717) is 12.8 Å². The summed E-state index contributed by atoms with van der Waals surface area (Å²) < 4.78 is 26.9. The van der Waals surface area contributed by atoms with Crippen LogP contribution in [0.3, 0.4) is 0 Å². The Morgan fingerprint density at radius 1 is 0.500 bits per heavy atom. The number of carbonyl (C=O) groups is 3. The third kappa shape index (κ3) is 44.6. The van der Waals surface area contributed by atoms with Crippen molar-refractivity contribution in [2.45, 2.75) is 257 Å². The van der Waals surface area contributed by atoms with Gasteiger partial charge in [-0.3, -0.25) is 18.6 Å². The maximum absolute atomic E-state index is 12.4. The lowest BCUT2D eigenvalue weighted by molar-refractivity contribution is -0.147. The number of carbonyl (C=O) groups excluding carboxylic acids is 2. The second-order valence-corrected chi connectivity index (χ2v) is 18.8. The molecule has 3 atom stereocenters. The van der Waals surface area contributed by atoms with Gasteiger partial charge >= 0.3 is 19.8 Å². The molecule has 3 unspecified atom stereocenters. The predicted molar refractivity (Wildman–Crippen MR) is 254 cm³/mol. The molecule has 12 heteroatoms. The number of phosphoric acid groups is 1. The van der Waals surface area contributed by atoms with E-state index in [1.54, 1.807) is 0 Å². The quantitative estimate of drug-likeness (QED) is 0.0200. The van der Waals surface area contributed by atoms with E-state index < -0.39 is 57.6 Å². The van der Waals surface area contributed by atoms with Gasteiger partial charge in [0.1, 0.15) is 12.7 Å². The number of nitrogens with one attached hydrogen (secondary N) is 1. The summed E-state index contributed by atoms with van der Waals surface area (Å²) in [7, 11) is -4.76. The molecule has 0 aromatic carbocycles. The van der Waals surface area contributed by atoms with Gasteiger partial charge < -0.3 is 25.2 Å². The van der Waals surface area contributed by atoms with Crippen molar-refractivity contribution in [3.8, 4) is 0 Å². The number of amides is 1. The number of ether oxygens (including phenoxy) is 1. The van der Waals surface area contributed by atoms with Gasteiger partial charge in [-0.15, -0.1) is 0 Å². The molecule has 0 saturated carbocycles. The number of phosphoric ester groups is 1. The molecule has 11 nitrogen and oxygen atoms in total. The van der Waals surface area contributed by atoms with Gasteiger partial charge in [0.2, 0.25) is 5.91 Å². The molecule has 1 amide bonds. The Bertz CT molecular complexity index is 1150. The molecular weight excluding hydrogens is 806 g/mol. The van der Waals surface area contributed by atoms with E-state index in [9.17, 15) is 34.1 Å². The van der Waals surface area contributed by atoms with Gasteiger partial charge in [0.05, 0.1) is 13.2 Å². The smallest absolute Gasteiger partial charge is 0.472 e. The average Bonchev–Trinajstić information content (AvgIpc) is 3.25. The first-order chi connectivity index (χ1) is 30.1.